The summed E-state index contributed by atoms with van der Waals surface area (Å²) in [7, 11) is -3.78. The predicted molar refractivity (Wildman–Crippen MR) is 71.7 cm³/mol. The second-order valence-corrected chi connectivity index (χ2v) is 6.84. The molecular weight excluding hydrogens is 282 g/mol. The molecule has 1 fully saturated rings. The summed E-state index contributed by atoms with van der Waals surface area (Å²) < 4.78 is 28.9. The number of aryl methyl sites for hydroxylation is 1. The van der Waals surface area contributed by atoms with Gasteiger partial charge in [-0.2, -0.15) is 0 Å². The van der Waals surface area contributed by atoms with Crippen LogP contribution in [0.15, 0.2) is 17.6 Å². The van der Waals surface area contributed by atoms with E-state index in [1.54, 1.807) is 4.57 Å². The largest absolute Gasteiger partial charge is 0.481 e. The van der Waals surface area contributed by atoms with Crippen molar-refractivity contribution < 1.29 is 18.3 Å². The predicted octanol–water partition coefficient (Wildman–Crippen LogP) is 0.969. The molecule has 2 rings (SSSR count). The van der Waals surface area contributed by atoms with Crippen molar-refractivity contribution in [3.05, 3.63) is 12.5 Å². The molecule has 0 radical (unpaired) electrons. The third-order valence-corrected chi connectivity index (χ3v) is 5.11. The van der Waals surface area contributed by atoms with Gasteiger partial charge in [0.1, 0.15) is 0 Å². The van der Waals surface area contributed by atoms with Crippen LogP contribution in [0.3, 0.4) is 0 Å². The van der Waals surface area contributed by atoms with Crippen molar-refractivity contribution in [2.45, 2.75) is 56.1 Å². The topological polar surface area (TPSA) is 101 Å². The maximum absolute atomic E-state index is 12.3. The Kier molecular flexibility index (Phi) is 4.14. The minimum absolute atomic E-state index is 0.0592. The molecule has 0 bridgehead atoms. The van der Waals surface area contributed by atoms with Crippen molar-refractivity contribution in [1.29, 1.82) is 0 Å². The van der Waals surface area contributed by atoms with E-state index in [0.29, 0.717) is 19.4 Å². The lowest BCUT2D eigenvalue weighted by atomic mass is 9.95. The average Bonchev–Trinajstić information content (AvgIpc) is 2.96. The molecule has 1 aromatic rings. The third-order valence-electron chi connectivity index (χ3n) is 3.65. The molecule has 0 aliphatic heterocycles. The lowest BCUT2D eigenvalue weighted by Crippen LogP contribution is -2.47. The minimum atomic E-state index is -3.78. The van der Waals surface area contributed by atoms with Gasteiger partial charge in [-0.15, -0.1) is 0 Å². The Hall–Kier alpha value is -1.41. The van der Waals surface area contributed by atoms with Crippen LogP contribution in [0.5, 0.6) is 0 Å². The Morgan fingerprint density at radius 3 is 2.65 bits per heavy atom. The highest BCUT2D eigenvalue weighted by Crippen LogP contribution is 2.34. The number of nitrogens with zero attached hydrogens (tertiary/aromatic N) is 2. The number of carbonyl (C=O) groups is 1. The second kappa shape index (κ2) is 5.53. The Bertz CT molecular complexity index is 588. The highest BCUT2D eigenvalue weighted by atomic mass is 32.2. The van der Waals surface area contributed by atoms with Gasteiger partial charge in [0, 0.05) is 18.3 Å². The Labute approximate surface area is 118 Å². The Balaban J connectivity index is 2.23. The molecule has 0 saturated heterocycles. The van der Waals surface area contributed by atoms with Crippen LogP contribution in [0, 0.1) is 0 Å². The number of carboxylic acid groups (broad SMARTS) is 1. The fourth-order valence-corrected chi connectivity index (χ4v) is 4.06. The Morgan fingerprint density at radius 1 is 1.50 bits per heavy atom. The van der Waals surface area contributed by atoms with Gasteiger partial charge < -0.3 is 9.67 Å². The van der Waals surface area contributed by atoms with E-state index in [4.69, 9.17) is 5.11 Å². The van der Waals surface area contributed by atoms with Crippen molar-refractivity contribution in [3.8, 4) is 0 Å². The molecule has 0 amide bonds. The molecule has 0 atom stereocenters. The number of carboxylic acids is 1. The number of aliphatic carboxylic acids is 1. The normalized spacial score (nSPS) is 18.2. The van der Waals surface area contributed by atoms with E-state index in [9.17, 15) is 13.2 Å². The van der Waals surface area contributed by atoms with Gasteiger partial charge in [-0.3, -0.25) is 4.79 Å². The van der Waals surface area contributed by atoms with Crippen LogP contribution in [0.4, 0.5) is 0 Å². The zero-order valence-corrected chi connectivity index (χ0v) is 12.2. The molecule has 2 N–H and O–H groups in total. The zero-order valence-electron chi connectivity index (χ0n) is 11.4. The van der Waals surface area contributed by atoms with Crippen LogP contribution in [-0.4, -0.2) is 34.6 Å². The molecule has 0 spiro atoms. The number of imidazole rings is 1. The quantitative estimate of drug-likeness (QED) is 0.815. The second-order valence-electron chi connectivity index (χ2n) is 5.21. The molecule has 0 aromatic carbocycles. The monoisotopic (exact) mass is 301 g/mol. The van der Waals surface area contributed by atoms with Gasteiger partial charge in [0.2, 0.25) is 0 Å². The fourth-order valence-electron chi connectivity index (χ4n) is 2.64. The average molecular weight is 301 g/mol. The van der Waals surface area contributed by atoms with E-state index >= 15 is 0 Å². The van der Waals surface area contributed by atoms with E-state index in [2.05, 4.69) is 9.71 Å². The van der Waals surface area contributed by atoms with Crippen LogP contribution in [0.1, 0.15) is 39.0 Å². The van der Waals surface area contributed by atoms with Gasteiger partial charge in [-0.1, -0.05) is 12.8 Å². The molecule has 1 aromatic heterocycles. The molecule has 1 heterocycles. The molecule has 1 saturated carbocycles. The van der Waals surface area contributed by atoms with Crippen molar-refractivity contribution in [3.63, 3.8) is 0 Å². The van der Waals surface area contributed by atoms with Crippen molar-refractivity contribution >= 4 is 16.0 Å². The smallest absolute Gasteiger partial charge is 0.305 e. The lowest BCUT2D eigenvalue weighted by Gasteiger charge is -2.27. The summed E-state index contributed by atoms with van der Waals surface area (Å²) in [5, 5.41) is 8.93. The van der Waals surface area contributed by atoms with Crippen LogP contribution in [-0.2, 0) is 21.4 Å². The third kappa shape index (κ3) is 3.18. The van der Waals surface area contributed by atoms with Gasteiger partial charge in [0.25, 0.3) is 10.0 Å². The summed E-state index contributed by atoms with van der Waals surface area (Å²) in [6.07, 6.45) is 5.47. The molecule has 0 unspecified atom stereocenters. The maximum Gasteiger partial charge on any atom is 0.305 e. The number of nitrogens with one attached hydrogen (secondary N) is 1. The summed E-state index contributed by atoms with van der Waals surface area (Å²) in [4.78, 5) is 14.9. The van der Waals surface area contributed by atoms with Crippen molar-refractivity contribution in [1.82, 2.24) is 14.3 Å². The number of aromatic nitrogens is 2. The van der Waals surface area contributed by atoms with Gasteiger partial charge in [-0.05, 0) is 19.8 Å². The summed E-state index contributed by atoms with van der Waals surface area (Å²) in [6.45, 7) is 2.51. The molecule has 1 aliphatic carbocycles. The van der Waals surface area contributed by atoms with Gasteiger partial charge in [0.15, 0.2) is 5.03 Å². The van der Waals surface area contributed by atoms with Gasteiger partial charge in [0.05, 0.1) is 12.7 Å². The van der Waals surface area contributed by atoms with E-state index in [0.717, 1.165) is 12.8 Å². The number of hydrogen-bond donors (Lipinski definition) is 2. The van der Waals surface area contributed by atoms with E-state index in [-0.39, 0.29) is 11.4 Å². The number of rotatable bonds is 6. The molecule has 112 valence electrons. The minimum Gasteiger partial charge on any atom is -0.481 e. The highest BCUT2D eigenvalue weighted by Gasteiger charge is 2.40. The fraction of sp³-hybridized carbons (Fsp3) is 0.667. The van der Waals surface area contributed by atoms with Crippen molar-refractivity contribution in [2.24, 2.45) is 0 Å². The summed E-state index contributed by atoms with van der Waals surface area (Å²) >= 11 is 0. The first-order chi connectivity index (χ1) is 9.37. The SMILES string of the molecule is CCn1cnc(S(=O)(=O)NC2(CC(=O)O)CCCC2)c1. The van der Waals surface area contributed by atoms with Crippen LogP contribution in [0.2, 0.25) is 0 Å². The molecule has 7 nitrogen and oxygen atoms in total. The molecular formula is C12H19N3O4S. The zero-order chi connectivity index (χ0) is 14.8. The Morgan fingerprint density at radius 2 is 2.15 bits per heavy atom. The maximum atomic E-state index is 12.3. The molecule has 8 heteroatoms. The van der Waals surface area contributed by atoms with Gasteiger partial charge in [-0.25, -0.2) is 18.1 Å². The summed E-state index contributed by atoms with van der Waals surface area (Å²) in [6, 6.07) is 0. The van der Waals surface area contributed by atoms with E-state index < -0.39 is 21.5 Å². The first kappa shape index (κ1) is 15.0. The molecule has 20 heavy (non-hydrogen) atoms. The van der Waals surface area contributed by atoms with Crippen LogP contribution in [0.25, 0.3) is 0 Å². The standard InChI is InChI=1S/C12H19N3O4S/c1-2-15-8-10(13-9-15)20(18,19)14-12(7-11(16)17)5-3-4-6-12/h8-9,14H,2-7H2,1H3,(H,16,17). The summed E-state index contributed by atoms with van der Waals surface area (Å²) in [5.41, 5.74) is -0.874. The van der Waals surface area contributed by atoms with Crippen molar-refractivity contribution in [2.75, 3.05) is 0 Å². The van der Waals surface area contributed by atoms with E-state index in [1.807, 2.05) is 6.92 Å². The van der Waals surface area contributed by atoms with E-state index in [1.165, 1.54) is 12.5 Å². The van der Waals surface area contributed by atoms with Crippen LogP contribution >= 0.6 is 0 Å². The lowest BCUT2D eigenvalue weighted by molar-refractivity contribution is -0.138. The number of hydrogen-bond acceptors (Lipinski definition) is 4. The molecule has 1 aliphatic rings. The van der Waals surface area contributed by atoms with Crippen LogP contribution < -0.4 is 4.72 Å². The first-order valence-electron chi connectivity index (χ1n) is 6.64. The number of sulfonamides is 1. The summed E-state index contributed by atoms with van der Waals surface area (Å²) in [5.74, 6) is -0.992. The van der Waals surface area contributed by atoms with Gasteiger partial charge >= 0.3 is 5.97 Å². The first-order valence-corrected chi connectivity index (χ1v) is 8.13. The highest BCUT2D eigenvalue weighted by molar-refractivity contribution is 7.89.